The van der Waals surface area contributed by atoms with E-state index in [1.807, 2.05) is 30.3 Å². The molecular weight excluding hydrogens is 381 g/mol. The third-order valence-electron chi connectivity index (χ3n) is 6.01. The molecule has 2 N–H and O–H groups in total. The quantitative estimate of drug-likeness (QED) is 0.649. The Morgan fingerprint density at radius 2 is 1.87 bits per heavy atom. The predicted molar refractivity (Wildman–Crippen MR) is 117 cm³/mol. The maximum Gasteiger partial charge on any atom is 0.250 e. The molecule has 0 spiro atoms. The van der Waals surface area contributed by atoms with Crippen LogP contribution < -0.4 is 5.32 Å². The number of halogens is 1. The van der Waals surface area contributed by atoms with Gasteiger partial charge >= 0.3 is 0 Å². The summed E-state index contributed by atoms with van der Waals surface area (Å²) in [4.78, 5) is 14.0. The number of nitrogens with zero attached hydrogens (tertiary/aromatic N) is 2. The van der Waals surface area contributed by atoms with Crippen LogP contribution in [-0.4, -0.2) is 46.7 Å². The first-order valence-corrected chi connectivity index (χ1v) is 10.5. The van der Waals surface area contributed by atoms with E-state index < -0.39 is 12.5 Å². The molecule has 5 nitrogen and oxygen atoms in total. The fourth-order valence-electron chi connectivity index (χ4n) is 4.46. The van der Waals surface area contributed by atoms with Crippen LogP contribution in [0.3, 0.4) is 0 Å². The predicted octanol–water partition coefficient (Wildman–Crippen LogP) is 3.90. The van der Waals surface area contributed by atoms with Crippen molar-refractivity contribution in [3.63, 3.8) is 0 Å². The first-order valence-electron chi connectivity index (χ1n) is 10.5. The first kappa shape index (κ1) is 20.6. The molecule has 0 saturated carbocycles. The van der Waals surface area contributed by atoms with Gasteiger partial charge in [0.05, 0.1) is 5.52 Å². The third kappa shape index (κ3) is 4.55. The normalized spacial score (nSPS) is 15.6. The molecule has 1 aromatic heterocycles. The third-order valence-corrected chi connectivity index (χ3v) is 6.01. The zero-order chi connectivity index (χ0) is 21.1. The Bertz CT molecular complexity index is 1020. The lowest BCUT2D eigenvalue weighted by Gasteiger charge is -2.34. The lowest BCUT2D eigenvalue weighted by Crippen LogP contribution is -2.36. The molecule has 6 heteroatoms. The highest BCUT2D eigenvalue weighted by Crippen LogP contribution is 2.31. The SMILES string of the molecule is Cc1cc2ccc(NC(=O)CO)cc2n1C1CCN(CCc2ccc(F)cc2)CC1. The van der Waals surface area contributed by atoms with Crippen molar-refractivity contribution in [3.8, 4) is 0 Å². The molecule has 0 unspecified atom stereocenters. The highest BCUT2D eigenvalue weighted by molar-refractivity contribution is 5.94. The van der Waals surface area contributed by atoms with E-state index in [2.05, 4.69) is 27.8 Å². The number of aliphatic hydroxyl groups excluding tert-OH is 1. The van der Waals surface area contributed by atoms with E-state index in [9.17, 15) is 9.18 Å². The molecule has 0 atom stereocenters. The van der Waals surface area contributed by atoms with Crippen molar-refractivity contribution >= 4 is 22.5 Å². The first-order chi connectivity index (χ1) is 14.5. The number of carbonyl (C=O) groups is 1. The van der Waals surface area contributed by atoms with Crippen LogP contribution in [0.2, 0.25) is 0 Å². The van der Waals surface area contributed by atoms with Gasteiger partial charge in [-0.25, -0.2) is 4.39 Å². The maximum atomic E-state index is 13.1. The number of amides is 1. The minimum absolute atomic E-state index is 0.187. The van der Waals surface area contributed by atoms with Crippen LogP contribution >= 0.6 is 0 Å². The van der Waals surface area contributed by atoms with Crippen LogP contribution in [0.25, 0.3) is 10.9 Å². The zero-order valence-corrected chi connectivity index (χ0v) is 17.3. The molecule has 1 aliphatic rings. The van der Waals surface area contributed by atoms with Crippen LogP contribution in [0.15, 0.2) is 48.5 Å². The summed E-state index contributed by atoms with van der Waals surface area (Å²) in [5.41, 5.74) is 4.22. The number of likely N-dealkylation sites (tertiary alicyclic amines) is 1. The zero-order valence-electron chi connectivity index (χ0n) is 17.3. The van der Waals surface area contributed by atoms with E-state index in [-0.39, 0.29) is 5.82 Å². The molecule has 0 bridgehead atoms. The highest BCUT2D eigenvalue weighted by Gasteiger charge is 2.23. The van der Waals surface area contributed by atoms with E-state index in [0.29, 0.717) is 11.7 Å². The number of rotatable bonds is 6. The number of anilines is 1. The molecule has 2 heterocycles. The van der Waals surface area contributed by atoms with Crippen molar-refractivity contribution in [1.82, 2.24) is 9.47 Å². The van der Waals surface area contributed by atoms with E-state index in [0.717, 1.165) is 49.8 Å². The van der Waals surface area contributed by atoms with E-state index in [4.69, 9.17) is 5.11 Å². The van der Waals surface area contributed by atoms with Gasteiger partial charge < -0.3 is 19.9 Å². The summed E-state index contributed by atoms with van der Waals surface area (Å²) in [5, 5.41) is 12.9. The summed E-state index contributed by atoms with van der Waals surface area (Å²) in [5.74, 6) is -0.591. The van der Waals surface area contributed by atoms with Gasteiger partial charge in [-0.1, -0.05) is 18.2 Å². The number of hydrogen-bond donors (Lipinski definition) is 2. The second-order valence-electron chi connectivity index (χ2n) is 8.08. The molecule has 0 aliphatic carbocycles. The summed E-state index contributed by atoms with van der Waals surface area (Å²) < 4.78 is 15.5. The van der Waals surface area contributed by atoms with Gasteiger partial charge in [0.15, 0.2) is 0 Å². The average Bonchev–Trinajstić information content (AvgIpc) is 3.08. The minimum atomic E-state index is -0.519. The van der Waals surface area contributed by atoms with Crippen LogP contribution in [-0.2, 0) is 11.2 Å². The van der Waals surface area contributed by atoms with Crippen LogP contribution in [0.4, 0.5) is 10.1 Å². The summed E-state index contributed by atoms with van der Waals surface area (Å²) in [6.45, 7) is 4.67. The summed E-state index contributed by atoms with van der Waals surface area (Å²) in [6, 6.07) is 15.3. The largest absolute Gasteiger partial charge is 0.387 e. The van der Waals surface area contributed by atoms with Gasteiger partial charge in [-0.2, -0.15) is 0 Å². The number of benzene rings is 2. The summed E-state index contributed by atoms with van der Waals surface area (Å²) in [7, 11) is 0. The molecule has 1 saturated heterocycles. The number of fused-ring (bicyclic) bond motifs is 1. The maximum absolute atomic E-state index is 13.1. The van der Waals surface area contributed by atoms with E-state index in [1.54, 1.807) is 0 Å². The molecule has 1 aliphatic heterocycles. The van der Waals surface area contributed by atoms with Gasteiger partial charge in [0.1, 0.15) is 12.4 Å². The van der Waals surface area contributed by atoms with Crippen molar-refractivity contribution in [2.75, 3.05) is 31.6 Å². The summed E-state index contributed by atoms with van der Waals surface area (Å²) in [6.07, 6.45) is 3.08. The van der Waals surface area contributed by atoms with Gasteiger partial charge in [-0.05, 0) is 62.1 Å². The van der Waals surface area contributed by atoms with Gasteiger partial charge in [0.2, 0.25) is 5.91 Å². The van der Waals surface area contributed by atoms with Crippen molar-refractivity contribution in [2.45, 2.75) is 32.2 Å². The second-order valence-corrected chi connectivity index (χ2v) is 8.08. The Hall–Kier alpha value is -2.70. The Kier molecular flexibility index (Phi) is 6.16. The molecule has 4 rings (SSSR count). The number of aryl methyl sites for hydroxylation is 1. The molecule has 158 valence electrons. The number of hydrogen-bond acceptors (Lipinski definition) is 3. The van der Waals surface area contributed by atoms with Crippen LogP contribution in [0.1, 0.15) is 30.1 Å². The van der Waals surface area contributed by atoms with Gasteiger partial charge in [-0.3, -0.25) is 4.79 Å². The van der Waals surface area contributed by atoms with Crippen LogP contribution in [0.5, 0.6) is 0 Å². The van der Waals surface area contributed by atoms with Crippen molar-refractivity contribution in [3.05, 3.63) is 65.6 Å². The van der Waals surface area contributed by atoms with Crippen molar-refractivity contribution in [2.24, 2.45) is 0 Å². The topological polar surface area (TPSA) is 57.5 Å². The smallest absolute Gasteiger partial charge is 0.250 e. The fourth-order valence-corrected chi connectivity index (χ4v) is 4.46. The highest BCUT2D eigenvalue weighted by atomic mass is 19.1. The minimum Gasteiger partial charge on any atom is -0.387 e. The number of piperidine rings is 1. The lowest BCUT2D eigenvalue weighted by atomic mass is 10.0. The molecule has 1 amide bonds. The fraction of sp³-hybridized carbons (Fsp3) is 0.375. The van der Waals surface area contributed by atoms with E-state index >= 15 is 0 Å². The summed E-state index contributed by atoms with van der Waals surface area (Å²) >= 11 is 0. The number of aliphatic hydroxyl groups is 1. The standard InChI is InChI=1S/C24H28FN3O2/c1-17-14-19-4-7-21(26-24(30)16-29)15-23(19)28(17)22-9-12-27(13-10-22)11-8-18-2-5-20(25)6-3-18/h2-7,14-15,22,29H,8-13,16H2,1H3,(H,26,30). The molecule has 30 heavy (non-hydrogen) atoms. The molecule has 0 radical (unpaired) electrons. The van der Waals surface area contributed by atoms with Crippen LogP contribution in [0, 0.1) is 12.7 Å². The van der Waals surface area contributed by atoms with Crippen molar-refractivity contribution in [1.29, 1.82) is 0 Å². The number of aromatic nitrogens is 1. The van der Waals surface area contributed by atoms with E-state index in [1.165, 1.54) is 23.4 Å². The van der Waals surface area contributed by atoms with Gasteiger partial charge in [0, 0.05) is 42.4 Å². The lowest BCUT2D eigenvalue weighted by molar-refractivity contribution is -0.118. The average molecular weight is 410 g/mol. The monoisotopic (exact) mass is 409 g/mol. The van der Waals surface area contributed by atoms with Crippen molar-refractivity contribution < 1.29 is 14.3 Å². The molecular formula is C24H28FN3O2. The second kappa shape index (κ2) is 8.98. The van der Waals surface area contributed by atoms with Gasteiger partial charge in [0.25, 0.3) is 0 Å². The molecule has 2 aromatic carbocycles. The molecule has 1 fully saturated rings. The Balaban J connectivity index is 1.42. The van der Waals surface area contributed by atoms with Gasteiger partial charge in [-0.15, -0.1) is 0 Å². The Morgan fingerprint density at radius 3 is 2.57 bits per heavy atom. The number of carbonyl (C=O) groups excluding carboxylic acids is 1. The Labute approximate surface area is 176 Å². The number of nitrogens with one attached hydrogen (secondary N) is 1. The Morgan fingerprint density at radius 1 is 1.13 bits per heavy atom. The molecule has 3 aromatic rings.